The topological polar surface area (TPSA) is 63.0 Å². The van der Waals surface area contributed by atoms with E-state index in [0.29, 0.717) is 26.1 Å². The van der Waals surface area contributed by atoms with Gasteiger partial charge in [-0.1, -0.05) is 58.0 Å². The summed E-state index contributed by atoms with van der Waals surface area (Å²) < 4.78 is 11.6. The van der Waals surface area contributed by atoms with Crippen molar-refractivity contribution in [2.75, 3.05) is 19.7 Å². The molecule has 6 nitrogen and oxygen atoms in total. The summed E-state index contributed by atoms with van der Waals surface area (Å²) in [6.45, 7) is 12.7. The second-order valence-corrected chi connectivity index (χ2v) is 11.2. The first-order chi connectivity index (χ1) is 16.6. The molecule has 0 bridgehead atoms. The van der Waals surface area contributed by atoms with Gasteiger partial charge < -0.3 is 19.0 Å². The first kappa shape index (κ1) is 27.0. The third-order valence-corrected chi connectivity index (χ3v) is 6.32. The van der Waals surface area contributed by atoms with Crippen molar-refractivity contribution in [3.63, 3.8) is 0 Å². The largest absolute Gasteiger partial charge is 0.464 e. The molecule has 192 valence electrons. The molecule has 0 radical (unpaired) electrons. The highest BCUT2D eigenvalue weighted by Gasteiger charge is 2.28. The van der Waals surface area contributed by atoms with Crippen LogP contribution >= 0.6 is 0 Å². The Labute approximate surface area is 210 Å². The van der Waals surface area contributed by atoms with Crippen molar-refractivity contribution >= 4 is 11.8 Å². The highest BCUT2D eigenvalue weighted by molar-refractivity contribution is 5.85. The molecule has 2 atom stereocenters. The molecule has 0 spiro atoms. The number of nitrogens with zero attached hydrogens (tertiary/aromatic N) is 2. The highest BCUT2D eigenvalue weighted by Crippen LogP contribution is 2.27. The molecule has 1 aromatic heterocycles. The molecule has 1 fully saturated rings. The maximum absolute atomic E-state index is 13.6. The number of amides is 2. The molecule has 2 aromatic rings. The first-order valence-corrected chi connectivity index (χ1v) is 12.9. The van der Waals surface area contributed by atoms with Crippen LogP contribution in [0.15, 0.2) is 46.9 Å². The highest BCUT2D eigenvalue weighted by atomic mass is 16.5. The number of carbonyl (C=O) groups excluding carboxylic acids is 2. The quantitative estimate of drug-likeness (QED) is 0.419. The minimum Gasteiger partial charge on any atom is -0.464 e. The van der Waals surface area contributed by atoms with Crippen molar-refractivity contribution in [1.29, 1.82) is 0 Å². The normalized spacial score (nSPS) is 16.8. The van der Waals surface area contributed by atoms with E-state index in [1.807, 2.05) is 49.4 Å². The summed E-state index contributed by atoms with van der Waals surface area (Å²) in [5, 5.41) is 0. The molecule has 0 saturated carbocycles. The minimum absolute atomic E-state index is 0.0000288. The summed E-state index contributed by atoms with van der Waals surface area (Å²) in [5.74, 6) is 1.74. The van der Waals surface area contributed by atoms with Crippen LogP contribution in [0.2, 0.25) is 0 Å². The van der Waals surface area contributed by atoms with Crippen LogP contribution in [-0.2, 0) is 27.4 Å². The van der Waals surface area contributed by atoms with E-state index in [4.69, 9.17) is 9.15 Å². The zero-order chi connectivity index (χ0) is 25.4. The Morgan fingerprint density at radius 1 is 1.03 bits per heavy atom. The van der Waals surface area contributed by atoms with Crippen LogP contribution in [0.1, 0.15) is 70.5 Å². The average molecular weight is 483 g/mol. The number of rotatable bonds is 11. The smallest absolute Gasteiger partial charge is 0.242 e. The van der Waals surface area contributed by atoms with E-state index in [1.165, 1.54) is 0 Å². The van der Waals surface area contributed by atoms with Gasteiger partial charge in [0.05, 0.1) is 19.2 Å². The van der Waals surface area contributed by atoms with Crippen molar-refractivity contribution in [2.45, 2.75) is 79.5 Å². The molecular formula is C29H42N2O4. The Balaban J connectivity index is 1.74. The van der Waals surface area contributed by atoms with Crippen molar-refractivity contribution in [2.24, 2.45) is 11.3 Å². The average Bonchev–Trinajstić information content (AvgIpc) is 3.43. The van der Waals surface area contributed by atoms with Crippen molar-refractivity contribution < 1.29 is 18.7 Å². The summed E-state index contributed by atoms with van der Waals surface area (Å²) in [5.41, 5.74) is 1.20. The maximum Gasteiger partial charge on any atom is 0.242 e. The fourth-order valence-electron chi connectivity index (χ4n) is 4.89. The molecule has 2 heterocycles. The van der Waals surface area contributed by atoms with Crippen molar-refractivity contribution in [3.05, 3.63) is 59.5 Å². The first-order valence-electron chi connectivity index (χ1n) is 12.9. The lowest BCUT2D eigenvalue weighted by molar-refractivity contribution is -0.143. The van der Waals surface area contributed by atoms with Gasteiger partial charge in [0.1, 0.15) is 11.5 Å². The summed E-state index contributed by atoms with van der Waals surface area (Å²) in [7, 11) is 0. The predicted octanol–water partition coefficient (Wildman–Crippen LogP) is 5.59. The molecule has 0 N–H and O–H groups in total. The molecule has 0 aliphatic carbocycles. The molecule has 6 heteroatoms. The van der Waals surface area contributed by atoms with E-state index in [2.05, 4.69) is 27.7 Å². The molecule has 1 aliphatic rings. The van der Waals surface area contributed by atoms with Gasteiger partial charge in [-0.05, 0) is 55.2 Å². The second kappa shape index (κ2) is 12.4. The molecule has 3 rings (SSSR count). The van der Waals surface area contributed by atoms with Gasteiger partial charge in [-0.2, -0.15) is 0 Å². The van der Waals surface area contributed by atoms with Crippen LogP contribution in [-0.4, -0.2) is 47.4 Å². The summed E-state index contributed by atoms with van der Waals surface area (Å²) in [4.78, 5) is 30.5. The fourth-order valence-corrected chi connectivity index (χ4v) is 4.89. The molecular weight excluding hydrogens is 440 g/mol. The Kier molecular flexibility index (Phi) is 9.55. The number of carbonyl (C=O) groups is 2. The van der Waals surface area contributed by atoms with E-state index < -0.39 is 0 Å². The zero-order valence-corrected chi connectivity index (χ0v) is 22.1. The lowest BCUT2D eigenvalue weighted by atomic mass is 9.84. The third-order valence-electron chi connectivity index (χ3n) is 6.32. The zero-order valence-electron chi connectivity index (χ0n) is 22.1. The number of ether oxygens (including phenoxy) is 1. The molecule has 2 unspecified atom stereocenters. The minimum atomic E-state index is -0.0854. The molecule has 1 aliphatic heterocycles. The number of furan rings is 1. The number of hydrogen-bond acceptors (Lipinski definition) is 4. The molecule has 2 amide bonds. The van der Waals surface area contributed by atoms with Crippen LogP contribution < -0.4 is 0 Å². The standard InChI is InChI=1S/C29H42N2O4/c1-22(17-29(3,4)5)16-27(32)31(19-25-12-9-15-34-25)21-28(33)30(18-24-10-7-6-8-11-24)20-26-14-13-23(2)35-26/h6-8,10-11,13-14,22,25H,9,12,15-21H2,1-5H3. The van der Waals surface area contributed by atoms with E-state index in [0.717, 1.165) is 43.0 Å². The number of hydrogen-bond donors (Lipinski definition) is 0. The van der Waals surface area contributed by atoms with Gasteiger partial charge in [-0.25, -0.2) is 0 Å². The van der Waals surface area contributed by atoms with E-state index in [-0.39, 0.29) is 35.8 Å². The van der Waals surface area contributed by atoms with Crippen molar-refractivity contribution in [1.82, 2.24) is 9.80 Å². The van der Waals surface area contributed by atoms with Gasteiger partial charge in [0, 0.05) is 26.1 Å². The molecule has 35 heavy (non-hydrogen) atoms. The monoisotopic (exact) mass is 482 g/mol. The van der Waals surface area contributed by atoms with E-state index in [9.17, 15) is 9.59 Å². The fraction of sp³-hybridized carbons (Fsp3) is 0.586. The SMILES string of the molecule is Cc1ccc(CN(Cc2ccccc2)C(=O)CN(CC2CCCO2)C(=O)CC(C)CC(C)(C)C)o1. The molecule has 1 saturated heterocycles. The Morgan fingerprint density at radius 2 is 1.77 bits per heavy atom. The van der Waals surface area contributed by atoms with Gasteiger partial charge in [-0.3, -0.25) is 9.59 Å². The van der Waals surface area contributed by atoms with Crippen LogP contribution in [0.3, 0.4) is 0 Å². The maximum atomic E-state index is 13.6. The predicted molar refractivity (Wildman–Crippen MR) is 138 cm³/mol. The van der Waals surface area contributed by atoms with Gasteiger partial charge in [0.15, 0.2) is 0 Å². The van der Waals surface area contributed by atoms with Crippen LogP contribution in [0.4, 0.5) is 0 Å². The van der Waals surface area contributed by atoms with Crippen LogP contribution in [0, 0.1) is 18.3 Å². The number of benzene rings is 1. The summed E-state index contributed by atoms with van der Waals surface area (Å²) >= 11 is 0. The third kappa shape index (κ3) is 9.17. The van der Waals surface area contributed by atoms with Crippen LogP contribution in [0.25, 0.3) is 0 Å². The lowest BCUT2D eigenvalue weighted by Gasteiger charge is -2.30. The van der Waals surface area contributed by atoms with E-state index >= 15 is 0 Å². The van der Waals surface area contributed by atoms with Crippen LogP contribution in [0.5, 0.6) is 0 Å². The van der Waals surface area contributed by atoms with Gasteiger partial charge in [-0.15, -0.1) is 0 Å². The van der Waals surface area contributed by atoms with Gasteiger partial charge >= 0.3 is 0 Å². The Bertz CT molecular complexity index is 941. The van der Waals surface area contributed by atoms with Gasteiger partial charge in [0.2, 0.25) is 11.8 Å². The summed E-state index contributed by atoms with van der Waals surface area (Å²) in [6, 6.07) is 13.7. The Hall–Kier alpha value is -2.60. The number of aryl methyl sites for hydroxylation is 1. The second-order valence-electron chi connectivity index (χ2n) is 11.2. The van der Waals surface area contributed by atoms with Crippen molar-refractivity contribution in [3.8, 4) is 0 Å². The van der Waals surface area contributed by atoms with E-state index in [1.54, 1.807) is 9.80 Å². The Morgan fingerprint density at radius 3 is 2.37 bits per heavy atom. The van der Waals surface area contributed by atoms with Gasteiger partial charge in [0.25, 0.3) is 0 Å². The lowest BCUT2D eigenvalue weighted by Crippen LogP contribution is -2.45. The summed E-state index contributed by atoms with van der Waals surface area (Å²) in [6.07, 6.45) is 3.32. The molecule has 1 aromatic carbocycles.